The second-order valence-electron chi connectivity index (χ2n) is 6.19. The molecule has 2 aromatic rings. The summed E-state index contributed by atoms with van der Waals surface area (Å²) >= 11 is 7.43. The molecule has 1 aliphatic rings. The number of rotatable bonds is 5. The van der Waals surface area contributed by atoms with Gasteiger partial charge in [-0.15, -0.1) is 11.3 Å². The molecule has 1 aliphatic carbocycles. The van der Waals surface area contributed by atoms with Gasteiger partial charge in [-0.3, -0.25) is 9.59 Å². The molecule has 5 nitrogen and oxygen atoms in total. The van der Waals surface area contributed by atoms with E-state index >= 15 is 0 Å². The van der Waals surface area contributed by atoms with Crippen LogP contribution in [0.1, 0.15) is 34.1 Å². The molecule has 0 fully saturated rings. The number of nitrogens with two attached hydrogens (primary N) is 1. The molecule has 1 aromatic carbocycles. The van der Waals surface area contributed by atoms with E-state index in [9.17, 15) is 9.59 Å². The standard InChI is InChI=1S/C18H19ClN2O3S/c1-10-6-7-11-14(8-10)25-18(16(11)17(20)23)21-15(22)9-24-13-5-3-2-4-12(13)19/h2-5,10H,6-9H2,1H3,(H2,20,23)(H,21,22)/t10-/m1/s1. The van der Waals surface area contributed by atoms with E-state index in [1.807, 2.05) is 0 Å². The van der Waals surface area contributed by atoms with Crippen LogP contribution in [0.25, 0.3) is 0 Å². The Labute approximate surface area is 155 Å². The van der Waals surface area contributed by atoms with Gasteiger partial charge in [-0.05, 0) is 42.9 Å². The van der Waals surface area contributed by atoms with Crippen LogP contribution >= 0.6 is 22.9 Å². The predicted octanol–water partition coefficient (Wildman–Crippen LogP) is 3.64. The molecule has 2 amide bonds. The Hall–Kier alpha value is -2.05. The van der Waals surface area contributed by atoms with Crippen molar-refractivity contribution in [1.29, 1.82) is 0 Å². The molecule has 0 aliphatic heterocycles. The smallest absolute Gasteiger partial charge is 0.262 e. The van der Waals surface area contributed by atoms with Crippen molar-refractivity contribution in [1.82, 2.24) is 0 Å². The van der Waals surface area contributed by atoms with Crippen LogP contribution in [0.5, 0.6) is 5.75 Å². The van der Waals surface area contributed by atoms with Crippen molar-refractivity contribution < 1.29 is 14.3 Å². The summed E-state index contributed by atoms with van der Waals surface area (Å²) in [5.41, 5.74) is 6.97. The van der Waals surface area contributed by atoms with Gasteiger partial charge in [-0.2, -0.15) is 0 Å². The molecule has 0 saturated heterocycles. The van der Waals surface area contributed by atoms with Crippen molar-refractivity contribution in [3.05, 3.63) is 45.3 Å². The van der Waals surface area contributed by atoms with Gasteiger partial charge in [0, 0.05) is 4.88 Å². The third-order valence-corrected chi connectivity index (χ3v) is 5.69. The van der Waals surface area contributed by atoms with Gasteiger partial charge in [0.15, 0.2) is 6.61 Å². The fourth-order valence-corrected chi connectivity index (χ4v) is 4.59. The van der Waals surface area contributed by atoms with E-state index in [0.29, 0.717) is 27.3 Å². The van der Waals surface area contributed by atoms with Crippen molar-refractivity contribution in [2.24, 2.45) is 11.7 Å². The Balaban J connectivity index is 1.73. The molecule has 1 heterocycles. The minimum Gasteiger partial charge on any atom is -0.482 e. The Kier molecular flexibility index (Phi) is 5.30. The van der Waals surface area contributed by atoms with Gasteiger partial charge < -0.3 is 15.8 Å². The molecule has 3 rings (SSSR count). The summed E-state index contributed by atoms with van der Waals surface area (Å²) in [6, 6.07) is 6.94. The molecule has 0 spiro atoms. The van der Waals surface area contributed by atoms with Crippen LogP contribution in [0.4, 0.5) is 5.00 Å². The topological polar surface area (TPSA) is 81.4 Å². The summed E-state index contributed by atoms with van der Waals surface area (Å²) in [4.78, 5) is 25.2. The minimum atomic E-state index is -0.505. The first-order chi connectivity index (χ1) is 12.0. The highest BCUT2D eigenvalue weighted by Gasteiger charge is 2.27. The number of halogens is 1. The number of nitrogens with one attached hydrogen (secondary N) is 1. The SMILES string of the molecule is C[C@@H]1CCc2c(sc(NC(=O)COc3ccccc3Cl)c2C(N)=O)C1. The molecular formula is C18H19ClN2O3S. The Morgan fingerprint density at radius 2 is 2.16 bits per heavy atom. The van der Waals surface area contributed by atoms with Gasteiger partial charge in [0.25, 0.3) is 11.8 Å². The molecule has 0 bridgehead atoms. The summed E-state index contributed by atoms with van der Waals surface area (Å²) in [6.45, 7) is 1.99. The molecule has 1 atom stereocenters. The lowest BCUT2D eigenvalue weighted by molar-refractivity contribution is -0.118. The number of amides is 2. The van der Waals surface area contributed by atoms with Crippen LogP contribution in [-0.2, 0) is 17.6 Å². The van der Waals surface area contributed by atoms with E-state index in [1.165, 1.54) is 11.3 Å². The number of carbonyl (C=O) groups is 2. The number of ether oxygens (including phenoxy) is 1. The van der Waals surface area contributed by atoms with Gasteiger partial charge in [0.05, 0.1) is 10.6 Å². The second kappa shape index (κ2) is 7.45. The van der Waals surface area contributed by atoms with Gasteiger partial charge in [-0.25, -0.2) is 0 Å². The fourth-order valence-electron chi connectivity index (χ4n) is 2.97. The summed E-state index contributed by atoms with van der Waals surface area (Å²) < 4.78 is 5.43. The Morgan fingerprint density at radius 1 is 1.40 bits per heavy atom. The summed E-state index contributed by atoms with van der Waals surface area (Å²) in [6.07, 6.45) is 2.75. The van der Waals surface area contributed by atoms with Crippen LogP contribution in [0, 0.1) is 5.92 Å². The Morgan fingerprint density at radius 3 is 2.88 bits per heavy atom. The first-order valence-electron chi connectivity index (χ1n) is 8.07. The summed E-state index contributed by atoms with van der Waals surface area (Å²) in [5.74, 6) is 0.149. The lowest BCUT2D eigenvalue weighted by atomic mass is 9.88. The van der Waals surface area contributed by atoms with E-state index in [-0.39, 0.29) is 12.5 Å². The van der Waals surface area contributed by atoms with Crippen molar-refractivity contribution >= 4 is 39.8 Å². The number of benzene rings is 1. The molecule has 25 heavy (non-hydrogen) atoms. The van der Waals surface area contributed by atoms with Gasteiger partial charge in [-0.1, -0.05) is 30.7 Å². The first kappa shape index (κ1) is 17.8. The first-order valence-corrected chi connectivity index (χ1v) is 9.26. The van der Waals surface area contributed by atoms with E-state index in [1.54, 1.807) is 24.3 Å². The van der Waals surface area contributed by atoms with E-state index in [4.69, 9.17) is 22.1 Å². The monoisotopic (exact) mass is 378 g/mol. The average Bonchev–Trinajstić information content (AvgIpc) is 2.91. The van der Waals surface area contributed by atoms with Crippen LogP contribution in [0.3, 0.4) is 0 Å². The summed E-state index contributed by atoms with van der Waals surface area (Å²) in [5, 5.41) is 3.72. The Bertz CT molecular complexity index is 819. The van der Waals surface area contributed by atoms with Gasteiger partial charge in [0.1, 0.15) is 10.8 Å². The lowest BCUT2D eigenvalue weighted by Crippen LogP contribution is -2.22. The van der Waals surface area contributed by atoms with Crippen molar-refractivity contribution in [3.8, 4) is 5.75 Å². The van der Waals surface area contributed by atoms with E-state index in [0.717, 1.165) is 29.7 Å². The fraction of sp³-hybridized carbons (Fsp3) is 0.333. The maximum Gasteiger partial charge on any atom is 0.262 e. The number of carbonyl (C=O) groups excluding carboxylic acids is 2. The number of hydrogen-bond donors (Lipinski definition) is 2. The maximum atomic E-state index is 12.2. The number of primary amides is 1. The van der Waals surface area contributed by atoms with Crippen molar-refractivity contribution in [2.75, 3.05) is 11.9 Å². The number of para-hydroxylation sites is 1. The number of thiophene rings is 1. The second-order valence-corrected chi connectivity index (χ2v) is 7.70. The van der Waals surface area contributed by atoms with E-state index in [2.05, 4.69) is 12.2 Å². The molecule has 0 unspecified atom stereocenters. The zero-order chi connectivity index (χ0) is 18.0. The normalized spacial score (nSPS) is 16.2. The largest absolute Gasteiger partial charge is 0.482 e. The number of anilines is 1. The number of fused-ring (bicyclic) bond motifs is 1. The minimum absolute atomic E-state index is 0.194. The zero-order valence-electron chi connectivity index (χ0n) is 13.8. The maximum absolute atomic E-state index is 12.2. The zero-order valence-corrected chi connectivity index (χ0v) is 15.4. The van der Waals surface area contributed by atoms with Gasteiger partial charge >= 0.3 is 0 Å². The highest BCUT2D eigenvalue weighted by molar-refractivity contribution is 7.17. The van der Waals surface area contributed by atoms with Crippen LogP contribution in [0.15, 0.2) is 24.3 Å². The molecule has 0 radical (unpaired) electrons. The highest BCUT2D eigenvalue weighted by Crippen LogP contribution is 2.39. The third kappa shape index (κ3) is 3.96. The molecule has 1 aromatic heterocycles. The molecule has 3 N–H and O–H groups in total. The van der Waals surface area contributed by atoms with Crippen molar-refractivity contribution in [3.63, 3.8) is 0 Å². The molecule has 7 heteroatoms. The van der Waals surface area contributed by atoms with Crippen LogP contribution < -0.4 is 15.8 Å². The third-order valence-electron chi connectivity index (χ3n) is 4.21. The molecule has 132 valence electrons. The molecular weight excluding hydrogens is 360 g/mol. The predicted molar refractivity (Wildman–Crippen MR) is 99.6 cm³/mol. The summed E-state index contributed by atoms with van der Waals surface area (Å²) in [7, 11) is 0. The number of hydrogen-bond acceptors (Lipinski definition) is 4. The quantitative estimate of drug-likeness (QED) is 0.833. The van der Waals surface area contributed by atoms with Crippen molar-refractivity contribution in [2.45, 2.75) is 26.2 Å². The highest BCUT2D eigenvalue weighted by atomic mass is 35.5. The average molecular weight is 379 g/mol. The lowest BCUT2D eigenvalue weighted by Gasteiger charge is -2.18. The van der Waals surface area contributed by atoms with Crippen LogP contribution in [-0.4, -0.2) is 18.4 Å². The van der Waals surface area contributed by atoms with Gasteiger partial charge in [0.2, 0.25) is 0 Å². The van der Waals surface area contributed by atoms with E-state index < -0.39 is 5.91 Å². The molecule has 0 saturated carbocycles. The van der Waals surface area contributed by atoms with Crippen LogP contribution in [0.2, 0.25) is 5.02 Å².